The van der Waals surface area contributed by atoms with E-state index in [0.29, 0.717) is 24.6 Å². The Bertz CT molecular complexity index is 1110. The van der Waals surface area contributed by atoms with E-state index < -0.39 is 17.6 Å². The fourth-order valence-electron chi connectivity index (χ4n) is 4.71. The predicted molar refractivity (Wildman–Crippen MR) is 166 cm³/mol. The molecule has 9 nitrogen and oxygen atoms in total. The van der Waals surface area contributed by atoms with Gasteiger partial charge in [-0.3, -0.25) is 4.79 Å². The number of carbonyl (C=O) groups excluding carboxylic acids is 1. The van der Waals surface area contributed by atoms with Gasteiger partial charge in [0.25, 0.3) is 5.91 Å². The van der Waals surface area contributed by atoms with Crippen LogP contribution in [0.4, 0.5) is 0 Å². The summed E-state index contributed by atoms with van der Waals surface area (Å²) in [5.74, 6) is 0.956. The third-order valence-corrected chi connectivity index (χ3v) is 7.03. The van der Waals surface area contributed by atoms with Gasteiger partial charge in [0.2, 0.25) is 0 Å². The highest BCUT2D eigenvalue weighted by molar-refractivity contribution is 5.80. The number of benzene rings is 3. The molecule has 1 unspecified atom stereocenters. The van der Waals surface area contributed by atoms with Crippen LogP contribution in [0.25, 0.3) is 0 Å². The molecule has 0 aliphatic carbocycles. The number of rotatable bonds is 20. The van der Waals surface area contributed by atoms with Crippen LogP contribution < -0.4 is 31.2 Å². The van der Waals surface area contributed by atoms with E-state index in [1.165, 1.54) is 0 Å². The second-order valence-corrected chi connectivity index (χ2v) is 9.97. The van der Waals surface area contributed by atoms with Crippen molar-refractivity contribution in [1.82, 2.24) is 16.0 Å². The minimum Gasteiger partial charge on any atom is -0.497 e. The highest BCUT2D eigenvalue weighted by Gasteiger charge is 2.39. The van der Waals surface area contributed by atoms with Gasteiger partial charge in [-0.15, -0.1) is 0 Å². The maximum atomic E-state index is 12.8. The van der Waals surface area contributed by atoms with Gasteiger partial charge in [-0.2, -0.15) is 0 Å². The average Bonchev–Trinajstić information content (AvgIpc) is 3.04. The van der Waals surface area contributed by atoms with E-state index in [4.69, 9.17) is 19.9 Å². The second kappa shape index (κ2) is 18.1. The summed E-state index contributed by atoms with van der Waals surface area (Å²) in [6, 6.07) is 25.0. The maximum absolute atomic E-state index is 12.8. The van der Waals surface area contributed by atoms with E-state index in [9.17, 15) is 9.90 Å². The molecule has 3 rings (SSSR count). The highest BCUT2D eigenvalue weighted by Crippen LogP contribution is 2.41. The molecule has 0 bridgehead atoms. The fourth-order valence-corrected chi connectivity index (χ4v) is 4.71. The maximum Gasteiger partial charge on any atom is 0.251 e. The highest BCUT2D eigenvalue weighted by atomic mass is 16.5. The molecule has 0 aliphatic heterocycles. The molecule has 3 aromatic carbocycles. The average molecular weight is 579 g/mol. The molecule has 0 radical (unpaired) electrons. The quantitative estimate of drug-likeness (QED) is 0.102. The zero-order valence-corrected chi connectivity index (χ0v) is 24.8. The van der Waals surface area contributed by atoms with Crippen molar-refractivity contribution in [3.05, 3.63) is 95.6 Å². The van der Waals surface area contributed by atoms with Crippen LogP contribution >= 0.6 is 0 Å². The van der Waals surface area contributed by atoms with Gasteiger partial charge < -0.3 is 41.0 Å². The van der Waals surface area contributed by atoms with Crippen molar-refractivity contribution in [3.8, 4) is 11.5 Å². The third kappa shape index (κ3) is 9.54. The molecule has 6 N–H and O–H groups in total. The van der Waals surface area contributed by atoms with Crippen LogP contribution in [-0.2, 0) is 15.1 Å². The van der Waals surface area contributed by atoms with Crippen molar-refractivity contribution in [2.45, 2.75) is 31.0 Å². The Kier molecular flexibility index (Phi) is 14.3. The minimum atomic E-state index is -1.35. The van der Waals surface area contributed by atoms with E-state index in [2.05, 4.69) is 16.0 Å². The first kappa shape index (κ1) is 33.0. The summed E-state index contributed by atoms with van der Waals surface area (Å²) in [7, 11) is 3.24. The summed E-state index contributed by atoms with van der Waals surface area (Å²) >= 11 is 0. The van der Waals surface area contributed by atoms with Crippen molar-refractivity contribution >= 4 is 5.91 Å². The Morgan fingerprint density at radius 3 is 1.71 bits per heavy atom. The number of methoxy groups -OCH3 is 2. The number of nitrogens with one attached hydrogen (secondary N) is 3. The molecule has 1 amide bonds. The Labute approximate surface area is 249 Å². The first-order valence-electron chi connectivity index (χ1n) is 14.6. The number of ether oxygens (including phenoxy) is 3. The number of carbonyl (C=O) groups is 1. The molecular formula is C33H46N4O5. The monoisotopic (exact) mass is 578 g/mol. The molecule has 0 fully saturated rings. The predicted octanol–water partition coefficient (Wildman–Crippen LogP) is 2.80. The van der Waals surface area contributed by atoms with Crippen LogP contribution in [0, 0.1) is 0 Å². The number of nitrogens with two attached hydrogens (primary N) is 1. The van der Waals surface area contributed by atoms with Gasteiger partial charge >= 0.3 is 0 Å². The lowest BCUT2D eigenvalue weighted by atomic mass is 9.80. The van der Waals surface area contributed by atoms with Crippen molar-refractivity contribution < 1.29 is 24.1 Å². The molecule has 0 aliphatic rings. The van der Waals surface area contributed by atoms with E-state index in [-0.39, 0.29) is 6.61 Å². The summed E-state index contributed by atoms with van der Waals surface area (Å²) in [5.41, 5.74) is 6.89. The number of aliphatic hydroxyl groups excluding tert-OH is 1. The first-order valence-corrected chi connectivity index (χ1v) is 14.6. The van der Waals surface area contributed by atoms with Gasteiger partial charge in [0.05, 0.1) is 20.8 Å². The lowest BCUT2D eigenvalue weighted by molar-refractivity contribution is -0.135. The normalized spacial score (nSPS) is 12.1. The lowest BCUT2D eigenvalue weighted by Crippen LogP contribution is -2.42. The largest absolute Gasteiger partial charge is 0.497 e. The Morgan fingerprint density at radius 2 is 1.21 bits per heavy atom. The van der Waals surface area contributed by atoms with Gasteiger partial charge in [0.15, 0.2) is 6.10 Å². The van der Waals surface area contributed by atoms with Gasteiger partial charge in [-0.25, -0.2) is 0 Å². The van der Waals surface area contributed by atoms with Crippen LogP contribution in [0.15, 0.2) is 78.9 Å². The Hall–Kier alpha value is -3.47. The molecule has 9 heteroatoms. The number of hydrogen-bond acceptors (Lipinski definition) is 8. The van der Waals surface area contributed by atoms with Crippen LogP contribution in [0.3, 0.4) is 0 Å². The molecule has 0 aromatic heterocycles. The lowest BCUT2D eigenvalue weighted by Gasteiger charge is -2.36. The summed E-state index contributed by atoms with van der Waals surface area (Å²) in [6.45, 7) is 4.53. The van der Waals surface area contributed by atoms with Crippen LogP contribution in [0.5, 0.6) is 11.5 Å². The van der Waals surface area contributed by atoms with Gasteiger partial charge in [-0.1, -0.05) is 54.6 Å². The van der Waals surface area contributed by atoms with Gasteiger partial charge in [0.1, 0.15) is 17.1 Å². The Morgan fingerprint density at radius 1 is 0.738 bits per heavy atom. The van der Waals surface area contributed by atoms with Crippen molar-refractivity contribution in [2.24, 2.45) is 5.73 Å². The molecule has 42 heavy (non-hydrogen) atoms. The molecule has 0 spiro atoms. The van der Waals surface area contributed by atoms with E-state index >= 15 is 0 Å². The topological polar surface area (TPSA) is 127 Å². The number of aliphatic hydroxyl groups is 1. The number of hydrogen-bond donors (Lipinski definition) is 5. The van der Waals surface area contributed by atoms with Crippen LogP contribution in [0.2, 0.25) is 0 Å². The van der Waals surface area contributed by atoms with Gasteiger partial charge in [-0.05, 0) is 92.9 Å². The van der Waals surface area contributed by atoms with E-state index in [0.717, 1.165) is 62.1 Å². The molecule has 228 valence electrons. The SMILES string of the molecule is COc1ccc(C(OCC(O)C(=O)NCCCNCCCNCCCN)(c2ccccc2)c2ccc(OC)cc2)cc1. The minimum absolute atomic E-state index is 0.214. The zero-order valence-electron chi connectivity index (χ0n) is 24.8. The third-order valence-electron chi connectivity index (χ3n) is 7.03. The van der Waals surface area contributed by atoms with E-state index in [1.54, 1.807) is 14.2 Å². The van der Waals surface area contributed by atoms with Crippen molar-refractivity contribution in [2.75, 3.05) is 60.1 Å². The molecule has 3 aromatic rings. The second-order valence-electron chi connectivity index (χ2n) is 9.97. The zero-order chi connectivity index (χ0) is 30.0. The molecule has 0 saturated heterocycles. The molecule has 0 heterocycles. The Balaban J connectivity index is 1.66. The summed E-state index contributed by atoms with van der Waals surface area (Å²) in [4.78, 5) is 12.8. The van der Waals surface area contributed by atoms with Gasteiger partial charge in [0, 0.05) is 6.54 Å². The molecular weight excluding hydrogens is 532 g/mol. The standard InChI is InChI=1S/C33H46N4O5/c1-40-29-15-11-27(12-16-29)33(26-9-4-3-5-10-26,28-13-17-30(41-2)18-14-28)42-25-31(38)32(39)37-24-8-23-36-22-7-21-35-20-6-19-34/h3-5,9-18,31,35-36,38H,6-8,19-25,34H2,1-2H3,(H,37,39). The smallest absolute Gasteiger partial charge is 0.251 e. The number of amides is 1. The van der Waals surface area contributed by atoms with Crippen molar-refractivity contribution in [1.29, 1.82) is 0 Å². The molecule has 1 atom stereocenters. The fraction of sp³-hybridized carbons (Fsp3) is 0.424. The summed E-state index contributed by atoms with van der Waals surface area (Å²) in [6.07, 6.45) is 1.42. The summed E-state index contributed by atoms with van der Waals surface area (Å²) in [5, 5.41) is 20.4. The van der Waals surface area contributed by atoms with Crippen molar-refractivity contribution in [3.63, 3.8) is 0 Å². The van der Waals surface area contributed by atoms with E-state index in [1.807, 2.05) is 78.9 Å². The first-order chi connectivity index (χ1) is 20.5. The van der Waals surface area contributed by atoms with Crippen LogP contribution in [0.1, 0.15) is 36.0 Å². The summed E-state index contributed by atoms with van der Waals surface area (Å²) < 4.78 is 17.4. The van der Waals surface area contributed by atoms with Crippen LogP contribution in [-0.4, -0.2) is 77.2 Å². The molecule has 0 saturated carbocycles.